The number of hydrogen-bond donors (Lipinski definition) is 2. The van der Waals surface area contributed by atoms with Crippen molar-refractivity contribution in [3.63, 3.8) is 0 Å². The summed E-state index contributed by atoms with van der Waals surface area (Å²) in [5, 5.41) is 6.28. The fourth-order valence-electron chi connectivity index (χ4n) is 3.08. The zero-order valence-corrected chi connectivity index (χ0v) is 16.8. The van der Waals surface area contributed by atoms with Gasteiger partial charge in [0.05, 0.1) is 7.11 Å². The summed E-state index contributed by atoms with van der Waals surface area (Å²) in [4.78, 5) is 12.0. The predicted molar refractivity (Wildman–Crippen MR) is 103 cm³/mol. The number of hydrogen-bond acceptors (Lipinski definition) is 4. The highest BCUT2D eigenvalue weighted by molar-refractivity contribution is 5.85. The molecule has 1 aliphatic rings. The maximum absolute atomic E-state index is 12.3. The molecule has 160 valence electrons. The van der Waals surface area contributed by atoms with E-state index in [1.165, 1.54) is 26.0 Å². The molecule has 1 aromatic rings. The van der Waals surface area contributed by atoms with Crippen LogP contribution in [-0.4, -0.2) is 45.4 Å². The maximum Gasteiger partial charge on any atom is 0.422 e. The molecule has 1 unspecified atom stereocenters. The fourth-order valence-corrected chi connectivity index (χ4v) is 3.08. The topological polar surface area (TPSA) is 59.6 Å². The van der Waals surface area contributed by atoms with E-state index in [1.807, 2.05) is 0 Å². The number of ether oxygens (including phenoxy) is 2. The Kier molecular flexibility index (Phi) is 10.5. The van der Waals surface area contributed by atoms with Gasteiger partial charge in [0.25, 0.3) is 0 Å². The molecule has 0 aliphatic carbocycles. The summed E-state index contributed by atoms with van der Waals surface area (Å²) in [5.74, 6) is 0.841. The van der Waals surface area contributed by atoms with Crippen molar-refractivity contribution in [1.29, 1.82) is 0 Å². The second-order valence-corrected chi connectivity index (χ2v) is 6.74. The molecular weight excluding hydrogens is 397 g/mol. The summed E-state index contributed by atoms with van der Waals surface area (Å²) < 4.78 is 46.7. The number of benzene rings is 1. The van der Waals surface area contributed by atoms with Crippen LogP contribution < -0.4 is 20.1 Å². The summed E-state index contributed by atoms with van der Waals surface area (Å²) in [5.41, 5.74) is 0.804. The summed E-state index contributed by atoms with van der Waals surface area (Å²) in [6.45, 7) is 1.38. The van der Waals surface area contributed by atoms with Crippen molar-refractivity contribution in [3.8, 4) is 11.5 Å². The molecule has 0 saturated carbocycles. The number of piperidine rings is 1. The summed E-state index contributed by atoms with van der Waals surface area (Å²) in [6.07, 6.45) is -0.261. The molecule has 0 spiro atoms. The smallest absolute Gasteiger partial charge is 0.422 e. The molecule has 1 heterocycles. The lowest BCUT2D eigenvalue weighted by Crippen LogP contribution is -2.33. The Morgan fingerprint density at radius 2 is 2.11 bits per heavy atom. The van der Waals surface area contributed by atoms with Crippen LogP contribution in [0.4, 0.5) is 13.2 Å². The largest absolute Gasteiger partial charge is 0.493 e. The zero-order chi connectivity index (χ0) is 19.7. The first kappa shape index (κ1) is 24.4. The lowest BCUT2D eigenvalue weighted by molar-refractivity contribution is -0.153. The predicted octanol–water partition coefficient (Wildman–Crippen LogP) is 3.50. The molecule has 1 aliphatic heterocycles. The van der Waals surface area contributed by atoms with Crippen LogP contribution in [0.15, 0.2) is 18.2 Å². The van der Waals surface area contributed by atoms with Crippen molar-refractivity contribution < 1.29 is 27.4 Å². The highest BCUT2D eigenvalue weighted by Crippen LogP contribution is 2.30. The molecule has 1 aromatic carbocycles. The van der Waals surface area contributed by atoms with Crippen molar-refractivity contribution in [2.45, 2.75) is 38.3 Å². The number of methoxy groups -OCH3 is 1. The molecule has 9 heteroatoms. The highest BCUT2D eigenvalue weighted by Gasteiger charge is 2.29. The van der Waals surface area contributed by atoms with E-state index in [1.54, 1.807) is 12.1 Å². The van der Waals surface area contributed by atoms with Crippen molar-refractivity contribution >= 4 is 18.3 Å². The molecule has 2 rings (SSSR count). The monoisotopic (exact) mass is 424 g/mol. The minimum atomic E-state index is -4.41. The summed E-state index contributed by atoms with van der Waals surface area (Å²) >= 11 is 0. The highest BCUT2D eigenvalue weighted by atomic mass is 35.5. The van der Waals surface area contributed by atoms with E-state index >= 15 is 0 Å². The summed E-state index contributed by atoms with van der Waals surface area (Å²) in [6, 6.07) is 4.69. The molecule has 1 amide bonds. The average molecular weight is 425 g/mol. The van der Waals surface area contributed by atoms with Crippen LogP contribution in [0.2, 0.25) is 0 Å². The number of carbonyl (C=O) groups is 1. The molecule has 0 aromatic heterocycles. The fraction of sp³-hybridized carbons (Fsp3) is 0.632. The van der Waals surface area contributed by atoms with E-state index in [4.69, 9.17) is 9.47 Å². The first-order chi connectivity index (χ1) is 12.9. The van der Waals surface area contributed by atoms with Gasteiger partial charge in [-0.15, -0.1) is 12.4 Å². The molecule has 28 heavy (non-hydrogen) atoms. The zero-order valence-electron chi connectivity index (χ0n) is 15.9. The van der Waals surface area contributed by atoms with Gasteiger partial charge in [0.2, 0.25) is 5.91 Å². The van der Waals surface area contributed by atoms with Gasteiger partial charge in [0.1, 0.15) is 0 Å². The van der Waals surface area contributed by atoms with Crippen LogP contribution >= 0.6 is 12.4 Å². The lowest BCUT2D eigenvalue weighted by Gasteiger charge is -2.22. The van der Waals surface area contributed by atoms with E-state index in [0.29, 0.717) is 25.3 Å². The third-order valence-electron chi connectivity index (χ3n) is 4.53. The van der Waals surface area contributed by atoms with Crippen LogP contribution in [0.1, 0.15) is 31.2 Å². The van der Waals surface area contributed by atoms with Gasteiger partial charge in [-0.2, -0.15) is 13.2 Å². The molecule has 1 atom stereocenters. The van der Waals surface area contributed by atoms with Crippen LogP contribution in [0, 0.1) is 5.92 Å². The Morgan fingerprint density at radius 1 is 1.32 bits per heavy atom. The summed E-state index contributed by atoms with van der Waals surface area (Å²) in [7, 11) is 1.37. The van der Waals surface area contributed by atoms with Gasteiger partial charge in [-0.1, -0.05) is 6.07 Å². The van der Waals surface area contributed by atoms with Gasteiger partial charge < -0.3 is 20.1 Å². The molecule has 0 radical (unpaired) electrons. The van der Waals surface area contributed by atoms with Crippen molar-refractivity contribution in [3.05, 3.63) is 23.8 Å². The maximum atomic E-state index is 12.3. The van der Waals surface area contributed by atoms with Crippen molar-refractivity contribution in [1.82, 2.24) is 10.6 Å². The molecule has 2 N–H and O–H groups in total. The first-order valence-corrected chi connectivity index (χ1v) is 9.21. The van der Waals surface area contributed by atoms with E-state index < -0.39 is 12.8 Å². The lowest BCUT2D eigenvalue weighted by atomic mass is 9.96. The number of carbonyl (C=O) groups excluding carboxylic acids is 1. The standard InChI is InChI=1S/C19H27F3N2O3.ClH/c1-26-17-11-14(4-6-16(17)27-13-19(20,21)22)5-7-18(25)24-10-8-15-3-2-9-23-12-15;/h4,6,11,15,23H,2-3,5,7-10,12-13H2,1H3,(H,24,25);1H. The Labute approximate surface area is 169 Å². The molecular formula is C19H28ClF3N2O3. The third-order valence-corrected chi connectivity index (χ3v) is 4.53. The number of nitrogens with one attached hydrogen (secondary N) is 2. The van der Waals surface area contributed by atoms with Gasteiger partial charge in [0.15, 0.2) is 18.1 Å². The van der Waals surface area contributed by atoms with Crippen molar-refractivity contribution in [2.24, 2.45) is 5.92 Å². The Bertz CT molecular complexity index is 609. The Balaban J connectivity index is 0.00000392. The first-order valence-electron chi connectivity index (χ1n) is 9.21. The average Bonchev–Trinajstić information content (AvgIpc) is 2.65. The van der Waals surface area contributed by atoms with E-state index in [2.05, 4.69) is 10.6 Å². The molecule has 1 saturated heterocycles. The van der Waals surface area contributed by atoms with Gasteiger partial charge in [-0.3, -0.25) is 4.79 Å². The van der Waals surface area contributed by atoms with E-state index in [-0.39, 0.29) is 29.8 Å². The van der Waals surface area contributed by atoms with Gasteiger partial charge in [-0.25, -0.2) is 0 Å². The Morgan fingerprint density at radius 3 is 2.75 bits per heavy atom. The number of halogens is 4. The van der Waals surface area contributed by atoms with Crippen LogP contribution in [0.3, 0.4) is 0 Å². The Hall–Kier alpha value is -1.67. The number of rotatable bonds is 9. The van der Waals surface area contributed by atoms with Crippen molar-refractivity contribution in [2.75, 3.05) is 33.4 Å². The molecule has 5 nitrogen and oxygen atoms in total. The quantitative estimate of drug-likeness (QED) is 0.637. The van der Waals surface area contributed by atoms with E-state index in [9.17, 15) is 18.0 Å². The van der Waals surface area contributed by atoms with E-state index in [0.717, 1.165) is 25.1 Å². The van der Waals surface area contributed by atoms with Gasteiger partial charge in [0, 0.05) is 13.0 Å². The van der Waals surface area contributed by atoms with Gasteiger partial charge >= 0.3 is 6.18 Å². The second kappa shape index (κ2) is 12.0. The normalized spacial score (nSPS) is 16.8. The minimum absolute atomic E-state index is 0. The molecule has 1 fully saturated rings. The SMILES string of the molecule is COc1cc(CCC(=O)NCCC2CCCNC2)ccc1OCC(F)(F)F.Cl. The van der Waals surface area contributed by atoms with Gasteiger partial charge in [-0.05, 0) is 62.4 Å². The minimum Gasteiger partial charge on any atom is -0.493 e. The van der Waals surface area contributed by atoms with Crippen LogP contribution in [0.5, 0.6) is 11.5 Å². The number of aryl methyl sites for hydroxylation is 1. The van der Waals surface area contributed by atoms with Crippen LogP contribution in [0.25, 0.3) is 0 Å². The number of alkyl halides is 3. The second-order valence-electron chi connectivity index (χ2n) is 6.74. The number of amides is 1. The molecule has 0 bridgehead atoms. The third kappa shape index (κ3) is 9.01. The van der Waals surface area contributed by atoms with Crippen LogP contribution in [-0.2, 0) is 11.2 Å².